The molecular weight excluding hydrogens is 360 g/mol. The van der Waals surface area contributed by atoms with Crippen molar-refractivity contribution in [3.05, 3.63) is 48.0 Å². The van der Waals surface area contributed by atoms with Crippen LogP contribution in [0.4, 0.5) is 0 Å². The maximum Gasteiger partial charge on any atom is 0.306 e. The predicted octanol–water partition coefficient (Wildman–Crippen LogP) is 6.24. The highest BCUT2D eigenvalue weighted by Gasteiger charge is 2.33. The van der Waals surface area contributed by atoms with E-state index in [2.05, 4.69) is 42.5 Å². The summed E-state index contributed by atoms with van der Waals surface area (Å²) in [7, 11) is 0. The first-order chi connectivity index (χ1) is 14.1. The Balaban J connectivity index is 1.58. The number of hydrogen-bond acceptors (Lipinski definition) is 3. The smallest absolute Gasteiger partial charge is 0.306 e. The van der Waals surface area contributed by atoms with Crippen molar-refractivity contribution in [2.75, 3.05) is 0 Å². The summed E-state index contributed by atoms with van der Waals surface area (Å²) in [5, 5.41) is 10.4. The molecule has 3 nitrogen and oxygen atoms in total. The molecule has 0 aromatic heterocycles. The molecule has 0 saturated heterocycles. The summed E-state index contributed by atoms with van der Waals surface area (Å²) < 4.78 is 5.15. The molecular formula is C26H40O3. The van der Waals surface area contributed by atoms with E-state index in [1.807, 2.05) is 13.8 Å². The fourth-order valence-electron chi connectivity index (χ4n) is 4.45. The van der Waals surface area contributed by atoms with Crippen LogP contribution in [0.1, 0.15) is 83.6 Å². The molecule has 0 radical (unpaired) electrons. The van der Waals surface area contributed by atoms with Gasteiger partial charge in [0.05, 0.1) is 12.2 Å². The number of carbonyl (C=O) groups is 1. The van der Waals surface area contributed by atoms with Crippen LogP contribution in [0.5, 0.6) is 0 Å². The second-order valence-corrected chi connectivity index (χ2v) is 8.79. The Labute approximate surface area is 177 Å². The highest BCUT2D eigenvalue weighted by Crippen LogP contribution is 2.38. The summed E-state index contributed by atoms with van der Waals surface area (Å²) in [4.78, 5) is 11.5. The number of unbranched alkanes of at least 4 members (excludes halogenated alkanes) is 3. The third-order valence-electron chi connectivity index (χ3n) is 6.01. The highest BCUT2D eigenvalue weighted by molar-refractivity contribution is 5.69. The Kier molecular flexibility index (Phi) is 11.1. The summed E-state index contributed by atoms with van der Waals surface area (Å²) in [5.41, 5.74) is 1.43. The number of hydrogen-bond donors (Lipinski definition) is 1. The molecule has 1 fully saturated rings. The molecule has 1 aromatic carbocycles. The summed E-state index contributed by atoms with van der Waals surface area (Å²) in [6.07, 6.45) is 15.7. The molecule has 0 aliphatic heterocycles. The molecule has 1 aliphatic rings. The van der Waals surface area contributed by atoms with Gasteiger partial charge < -0.3 is 9.84 Å². The largest absolute Gasteiger partial charge is 0.463 e. The topological polar surface area (TPSA) is 46.5 Å². The van der Waals surface area contributed by atoms with Crippen LogP contribution in [-0.2, 0) is 16.0 Å². The minimum absolute atomic E-state index is 0.0304. The van der Waals surface area contributed by atoms with Gasteiger partial charge in [-0.15, -0.1) is 0 Å². The normalized spacial score (nSPS) is 21.9. The van der Waals surface area contributed by atoms with E-state index in [0.717, 1.165) is 25.7 Å². The molecule has 1 N–H and O–H groups in total. The lowest BCUT2D eigenvalue weighted by molar-refractivity contribution is -0.147. The van der Waals surface area contributed by atoms with Crippen molar-refractivity contribution < 1.29 is 14.6 Å². The zero-order valence-electron chi connectivity index (χ0n) is 18.4. The van der Waals surface area contributed by atoms with Crippen LogP contribution in [0, 0.1) is 11.8 Å². The van der Waals surface area contributed by atoms with Crippen molar-refractivity contribution in [1.82, 2.24) is 0 Å². The lowest BCUT2D eigenvalue weighted by atomic mass is 9.87. The lowest BCUT2D eigenvalue weighted by Gasteiger charge is -2.20. The molecule has 2 rings (SSSR count). The van der Waals surface area contributed by atoms with Crippen molar-refractivity contribution in [2.45, 2.75) is 96.7 Å². The Morgan fingerprint density at radius 3 is 2.66 bits per heavy atom. The average Bonchev–Trinajstić information content (AvgIpc) is 3.04. The van der Waals surface area contributed by atoms with Gasteiger partial charge in [0, 0.05) is 6.42 Å². The van der Waals surface area contributed by atoms with E-state index < -0.39 is 0 Å². The molecule has 3 atom stereocenters. The maximum atomic E-state index is 11.5. The Morgan fingerprint density at radius 1 is 1.10 bits per heavy atom. The second-order valence-electron chi connectivity index (χ2n) is 8.79. The SMILES string of the molecule is CC(C)OC(=O)CCC/C=C\C[C@@H]1[C@@H](CCCCCc2ccccc2)CC[C@@H]1O. The molecule has 29 heavy (non-hydrogen) atoms. The minimum Gasteiger partial charge on any atom is -0.463 e. The van der Waals surface area contributed by atoms with Crippen LogP contribution in [0.2, 0.25) is 0 Å². The zero-order valence-corrected chi connectivity index (χ0v) is 18.4. The van der Waals surface area contributed by atoms with Crippen molar-refractivity contribution in [3.8, 4) is 0 Å². The quantitative estimate of drug-likeness (QED) is 0.242. The van der Waals surface area contributed by atoms with Crippen molar-refractivity contribution in [1.29, 1.82) is 0 Å². The fraction of sp³-hybridized carbons (Fsp3) is 0.654. The van der Waals surface area contributed by atoms with Gasteiger partial charge in [-0.3, -0.25) is 4.79 Å². The standard InChI is InChI=1S/C26H40O3/c1-21(2)29-26(28)18-12-4-3-11-17-24-23(19-20-25(24)27)16-10-6-9-15-22-13-7-5-8-14-22/h3,5,7-8,11,13-14,21,23-25,27H,4,6,9-10,12,15-20H2,1-2H3/b11-3-/t23-,24+,25-/m0/s1. The molecule has 3 heteroatoms. The first-order valence-electron chi connectivity index (χ1n) is 11.6. The molecule has 0 amide bonds. The van der Waals surface area contributed by atoms with E-state index in [0.29, 0.717) is 18.3 Å². The molecule has 1 aromatic rings. The van der Waals surface area contributed by atoms with Crippen molar-refractivity contribution in [2.24, 2.45) is 11.8 Å². The monoisotopic (exact) mass is 400 g/mol. The van der Waals surface area contributed by atoms with E-state index in [1.165, 1.54) is 44.1 Å². The first kappa shape index (κ1) is 23.7. The van der Waals surface area contributed by atoms with E-state index in [9.17, 15) is 9.90 Å². The first-order valence-corrected chi connectivity index (χ1v) is 11.6. The molecule has 0 heterocycles. The highest BCUT2D eigenvalue weighted by atomic mass is 16.5. The van der Waals surface area contributed by atoms with Gasteiger partial charge in [-0.2, -0.15) is 0 Å². The summed E-state index contributed by atoms with van der Waals surface area (Å²) in [6, 6.07) is 10.7. The van der Waals surface area contributed by atoms with Crippen LogP contribution in [0.25, 0.3) is 0 Å². The molecule has 0 bridgehead atoms. The van der Waals surface area contributed by atoms with Crippen LogP contribution in [-0.4, -0.2) is 23.3 Å². The number of carbonyl (C=O) groups excluding carboxylic acids is 1. The van der Waals surface area contributed by atoms with Gasteiger partial charge in [-0.25, -0.2) is 0 Å². The molecule has 1 saturated carbocycles. The third kappa shape index (κ3) is 9.62. The fourth-order valence-corrected chi connectivity index (χ4v) is 4.45. The number of allylic oxidation sites excluding steroid dienone is 2. The second kappa shape index (κ2) is 13.6. The molecule has 0 spiro atoms. The average molecular weight is 401 g/mol. The van der Waals surface area contributed by atoms with Gasteiger partial charge in [0.25, 0.3) is 0 Å². The number of ether oxygens (including phenoxy) is 1. The van der Waals surface area contributed by atoms with Crippen LogP contribution >= 0.6 is 0 Å². The number of aliphatic hydroxyl groups excluding tert-OH is 1. The number of benzene rings is 1. The Morgan fingerprint density at radius 2 is 1.90 bits per heavy atom. The molecule has 162 valence electrons. The van der Waals surface area contributed by atoms with Crippen molar-refractivity contribution in [3.63, 3.8) is 0 Å². The van der Waals surface area contributed by atoms with Gasteiger partial charge in [-0.1, -0.05) is 61.7 Å². The number of esters is 1. The van der Waals surface area contributed by atoms with Gasteiger partial charge in [0.1, 0.15) is 0 Å². The van der Waals surface area contributed by atoms with E-state index in [-0.39, 0.29) is 18.2 Å². The van der Waals surface area contributed by atoms with Crippen LogP contribution in [0.15, 0.2) is 42.5 Å². The maximum absolute atomic E-state index is 11.5. The van der Waals surface area contributed by atoms with Gasteiger partial charge >= 0.3 is 5.97 Å². The lowest BCUT2D eigenvalue weighted by Crippen LogP contribution is -2.18. The van der Waals surface area contributed by atoms with E-state index >= 15 is 0 Å². The number of aryl methyl sites for hydroxylation is 1. The summed E-state index contributed by atoms with van der Waals surface area (Å²) in [6.45, 7) is 3.76. The number of rotatable bonds is 13. The van der Waals surface area contributed by atoms with Crippen LogP contribution < -0.4 is 0 Å². The Hall–Kier alpha value is -1.61. The Bertz CT molecular complexity index is 593. The van der Waals surface area contributed by atoms with Crippen molar-refractivity contribution >= 4 is 5.97 Å². The summed E-state index contributed by atoms with van der Waals surface area (Å²) >= 11 is 0. The predicted molar refractivity (Wildman–Crippen MR) is 120 cm³/mol. The number of aliphatic hydroxyl groups is 1. The van der Waals surface area contributed by atoms with Gasteiger partial charge in [-0.05, 0) is 76.2 Å². The molecule has 1 aliphatic carbocycles. The van der Waals surface area contributed by atoms with E-state index in [1.54, 1.807) is 0 Å². The summed E-state index contributed by atoms with van der Waals surface area (Å²) in [5.74, 6) is 0.964. The molecule has 0 unspecified atom stereocenters. The van der Waals surface area contributed by atoms with Gasteiger partial charge in [0.2, 0.25) is 0 Å². The third-order valence-corrected chi connectivity index (χ3v) is 6.01. The minimum atomic E-state index is -0.144. The van der Waals surface area contributed by atoms with E-state index in [4.69, 9.17) is 4.74 Å². The van der Waals surface area contributed by atoms with Crippen LogP contribution in [0.3, 0.4) is 0 Å². The zero-order chi connectivity index (χ0) is 20.9. The van der Waals surface area contributed by atoms with Gasteiger partial charge in [0.15, 0.2) is 0 Å².